The third kappa shape index (κ3) is 4.22. The summed E-state index contributed by atoms with van der Waals surface area (Å²) in [7, 11) is 1.79. The van der Waals surface area contributed by atoms with Gasteiger partial charge >= 0.3 is 0 Å². The van der Waals surface area contributed by atoms with Crippen LogP contribution in [0, 0.1) is 29.1 Å². The van der Waals surface area contributed by atoms with Crippen molar-refractivity contribution in [3.8, 4) is 5.75 Å². The molecular weight excluding hydrogens is 578 g/mol. The van der Waals surface area contributed by atoms with E-state index in [2.05, 4.69) is 4.99 Å². The van der Waals surface area contributed by atoms with Crippen LogP contribution in [-0.4, -0.2) is 41.6 Å². The summed E-state index contributed by atoms with van der Waals surface area (Å²) in [5.74, 6) is -9.62. The molecule has 0 unspecified atom stereocenters. The van der Waals surface area contributed by atoms with Gasteiger partial charge in [-0.3, -0.25) is 0 Å². The Labute approximate surface area is 247 Å². The maximum Gasteiger partial charge on any atom is 0.227 e. The molecule has 7 rings (SSSR count). The summed E-state index contributed by atoms with van der Waals surface area (Å²) in [4.78, 5) is 15.9. The molecule has 0 aliphatic carbocycles. The minimum atomic E-state index is -2.26. The first-order valence-electron chi connectivity index (χ1n) is 13.4. The Morgan fingerprint density at radius 1 is 0.727 bits per heavy atom. The van der Waals surface area contributed by atoms with Gasteiger partial charge < -0.3 is 19.8 Å². The van der Waals surface area contributed by atoms with Crippen LogP contribution in [0.1, 0.15) is 22.3 Å². The van der Waals surface area contributed by atoms with Crippen molar-refractivity contribution in [3.63, 3.8) is 0 Å². The number of hydrogen-bond acceptors (Lipinski definition) is 4. The fourth-order valence-electron chi connectivity index (χ4n) is 5.45. The molecule has 0 saturated heterocycles. The molecule has 7 nitrogen and oxygen atoms in total. The highest BCUT2D eigenvalue weighted by Gasteiger charge is 2.31. The molecular formula is C31H20BF5N6O. The molecule has 44 heavy (non-hydrogen) atoms. The third-order valence-corrected chi connectivity index (χ3v) is 7.59. The van der Waals surface area contributed by atoms with E-state index in [1.165, 1.54) is 0 Å². The van der Waals surface area contributed by atoms with Gasteiger partial charge in [-0.15, -0.1) is 0 Å². The van der Waals surface area contributed by atoms with Crippen molar-refractivity contribution in [3.05, 3.63) is 124 Å². The van der Waals surface area contributed by atoms with Crippen molar-refractivity contribution in [2.24, 2.45) is 20.7 Å². The van der Waals surface area contributed by atoms with Gasteiger partial charge in [-0.2, -0.15) is 8.78 Å². The van der Waals surface area contributed by atoms with E-state index < -0.39 is 41.6 Å². The lowest BCUT2D eigenvalue weighted by Gasteiger charge is -2.20. The molecule has 0 radical (unpaired) electrons. The number of amidine groups is 3. The van der Waals surface area contributed by atoms with Crippen molar-refractivity contribution in [2.75, 3.05) is 6.73 Å². The number of nitrogens with two attached hydrogens (primary N) is 1. The molecule has 0 atom stereocenters. The van der Waals surface area contributed by atoms with Crippen LogP contribution < -0.4 is 10.5 Å². The molecule has 2 aliphatic rings. The van der Waals surface area contributed by atoms with Crippen molar-refractivity contribution in [1.82, 2.24) is 9.38 Å². The summed E-state index contributed by atoms with van der Waals surface area (Å²) >= 11 is 0. The first kappa shape index (κ1) is 27.4. The summed E-state index contributed by atoms with van der Waals surface area (Å²) < 4.78 is 77.0. The van der Waals surface area contributed by atoms with Gasteiger partial charge in [0.1, 0.15) is 23.3 Å². The number of rotatable bonds is 5. The Morgan fingerprint density at radius 2 is 1.27 bits per heavy atom. The summed E-state index contributed by atoms with van der Waals surface area (Å²) in [5.41, 5.74) is 9.28. The second kappa shape index (κ2) is 10.4. The van der Waals surface area contributed by atoms with E-state index in [0.717, 1.165) is 27.5 Å². The number of fused-ring (bicyclic) bond motifs is 3. The minimum absolute atomic E-state index is 0.215. The Bertz CT molecular complexity index is 2080. The number of ether oxygens (including phenoxy) is 1. The molecule has 5 aromatic rings. The molecule has 2 N–H and O–H groups in total. The SMILES string of the molecule is Bn1c(/N=C2\N=C(N)c3ccccc32)c2ccccc2c1/N=C1/c2ccccc2CN1COc1c(F)c(F)c(F)c(F)c1F. The van der Waals surface area contributed by atoms with Crippen LogP contribution in [0.5, 0.6) is 5.75 Å². The van der Waals surface area contributed by atoms with Crippen molar-refractivity contribution in [1.29, 1.82) is 0 Å². The maximum atomic E-state index is 14.4. The lowest BCUT2D eigenvalue weighted by atomic mass is 10.1. The van der Waals surface area contributed by atoms with Gasteiger partial charge in [-0.25, -0.2) is 28.1 Å². The maximum absolute atomic E-state index is 14.4. The quantitative estimate of drug-likeness (QED) is 0.126. The van der Waals surface area contributed by atoms with Gasteiger partial charge in [0.05, 0.1) is 0 Å². The summed E-state index contributed by atoms with van der Waals surface area (Å²) in [6.07, 6.45) is 0. The second-order valence-electron chi connectivity index (χ2n) is 10.2. The van der Waals surface area contributed by atoms with Crippen LogP contribution in [0.2, 0.25) is 0 Å². The predicted molar refractivity (Wildman–Crippen MR) is 159 cm³/mol. The molecule has 0 saturated carbocycles. The highest BCUT2D eigenvalue weighted by atomic mass is 19.2. The zero-order valence-electron chi connectivity index (χ0n) is 23.0. The largest absolute Gasteiger partial charge is 0.467 e. The standard InChI is InChI=1S/C31H20BF5N6O/c32-43-30(40-28-18-10-4-3-9-17(18)27(38)39-28)19-11-5-6-12-20(19)31(43)41-29-16-8-2-1-7-15(16)13-42(29)14-44-26-24(36)22(34)21(33)23(35)25(26)37/h1-12H,13-14,32H2,(H2,38,39,40)/b41-29-. The highest BCUT2D eigenvalue weighted by molar-refractivity contribution is 6.24. The predicted octanol–water partition coefficient (Wildman–Crippen LogP) is 5.46. The van der Waals surface area contributed by atoms with Gasteiger partial charge in [-0.1, -0.05) is 72.8 Å². The van der Waals surface area contributed by atoms with Gasteiger partial charge in [0.2, 0.25) is 37.1 Å². The number of aromatic nitrogens is 1. The molecule has 218 valence electrons. The number of aliphatic imine (C=N–C) groups is 3. The molecule has 13 heteroatoms. The second-order valence-corrected chi connectivity index (χ2v) is 10.2. The molecule has 0 fully saturated rings. The fraction of sp³-hybridized carbons (Fsp3) is 0.0645. The van der Waals surface area contributed by atoms with E-state index in [4.69, 9.17) is 20.5 Å². The normalized spacial score (nSPS) is 15.8. The van der Waals surface area contributed by atoms with Crippen LogP contribution in [-0.2, 0) is 6.54 Å². The zero-order valence-corrected chi connectivity index (χ0v) is 23.0. The Balaban J connectivity index is 1.33. The minimum Gasteiger partial charge on any atom is -0.467 e. The average Bonchev–Trinajstić information content (AvgIpc) is 3.65. The fourth-order valence-corrected chi connectivity index (χ4v) is 5.45. The average molecular weight is 598 g/mol. The Morgan fingerprint density at radius 3 is 1.95 bits per heavy atom. The van der Waals surface area contributed by atoms with Crippen LogP contribution >= 0.6 is 0 Å². The molecule has 4 aromatic carbocycles. The van der Waals surface area contributed by atoms with E-state index in [9.17, 15) is 22.0 Å². The number of halogens is 5. The van der Waals surface area contributed by atoms with E-state index >= 15 is 0 Å². The third-order valence-electron chi connectivity index (χ3n) is 7.59. The summed E-state index contributed by atoms with van der Waals surface area (Å²) in [5, 5.41) is 1.55. The van der Waals surface area contributed by atoms with Gasteiger partial charge in [0.25, 0.3) is 0 Å². The first-order valence-corrected chi connectivity index (χ1v) is 13.4. The molecule has 3 heterocycles. The number of nitrogens with zero attached hydrogens (tertiary/aromatic N) is 5. The molecule has 0 amide bonds. The molecule has 2 aliphatic heterocycles. The van der Waals surface area contributed by atoms with E-state index in [1.807, 2.05) is 72.8 Å². The van der Waals surface area contributed by atoms with E-state index in [-0.39, 0.29) is 6.54 Å². The Kier molecular flexibility index (Phi) is 6.45. The van der Waals surface area contributed by atoms with Crippen LogP contribution in [0.15, 0.2) is 87.8 Å². The monoisotopic (exact) mass is 598 g/mol. The van der Waals surface area contributed by atoms with Gasteiger partial charge in [0.15, 0.2) is 18.3 Å². The highest BCUT2D eigenvalue weighted by Crippen LogP contribution is 2.39. The number of benzene rings is 4. The lowest BCUT2D eigenvalue weighted by Crippen LogP contribution is -2.30. The molecule has 1 aromatic heterocycles. The first-order chi connectivity index (χ1) is 21.2. The van der Waals surface area contributed by atoms with Crippen LogP contribution in [0.3, 0.4) is 0 Å². The summed E-state index contributed by atoms with van der Waals surface area (Å²) in [6.45, 7) is -0.332. The van der Waals surface area contributed by atoms with E-state index in [1.54, 1.807) is 17.4 Å². The lowest BCUT2D eigenvalue weighted by molar-refractivity contribution is 0.171. The zero-order chi connectivity index (χ0) is 30.7. The molecule has 0 bridgehead atoms. The van der Waals surface area contributed by atoms with Crippen molar-refractivity contribution < 1.29 is 26.7 Å². The Hall–Kier alpha value is -5.46. The van der Waals surface area contributed by atoms with Crippen LogP contribution in [0.4, 0.5) is 33.6 Å². The smallest absolute Gasteiger partial charge is 0.227 e. The van der Waals surface area contributed by atoms with Crippen molar-refractivity contribution in [2.45, 2.75) is 6.54 Å². The molecule has 0 spiro atoms. The van der Waals surface area contributed by atoms with E-state index in [0.29, 0.717) is 34.7 Å². The topological polar surface area (TPSA) is 80.5 Å². The van der Waals surface area contributed by atoms with Gasteiger partial charge in [0, 0.05) is 34.0 Å². The summed E-state index contributed by atoms with van der Waals surface area (Å²) in [6, 6.07) is 22.3. The van der Waals surface area contributed by atoms with Gasteiger partial charge in [-0.05, 0) is 5.56 Å². The van der Waals surface area contributed by atoms with Crippen molar-refractivity contribution >= 4 is 47.9 Å². The van der Waals surface area contributed by atoms with Crippen LogP contribution in [0.25, 0.3) is 10.8 Å². The number of hydrogen-bond donors (Lipinski definition) is 1.